The van der Waals surface area contributed by atoms with Gasteiger partial charge in [0.25, 0.3) is 5.91 Å². The predicted molar refractivity (Wildman–Crippen MR) is 76.4 cm³/mol. The number of aryl methyl sites for hydroxylation is 1. The third kappa shape index (κ3) is 4.18. The molecule has 19 heavy (non-hydrogen) atoms. The predicted octanol–water partition coefficient (Wildman–Crippen LogP) is 2.43. The quantitative estimate of drug-likeness (QED) is 0.877. The average Bonchev–Trinajstić information content (AvgIpc) is 2.28. The van der Waals surface area contributed by atoms with E-state index in [1.807, 2.05) is 6.92 Å². The van der Waals surface area contributed by atoms with Crippen LogP contribution in [0.4, 0.5) is 4.39 Å². The maximum absolute atomic E-state index is 13.3. The lowest BCUT2D eigenvalue weighted by atomic mass is 9.90. The zero-order valence-electron chi connectivity index (χ0n) is 11.3. The van der Waals surface area contributed by atoms with Crippen LogP contribution in [0.25, 0.3) is 0 Å². The number of hydrogen-bond acceptors (Lipinski definition) is 2. The van der Waals surface area contributed by atoms with Gasteiger partial charge in [0, 0.05) is 11.1 Å². The maximum Gasteiger partial charge on any atom is 0.251 e. The van der Waals surface area contributed by atoms with Crippen molar-refractivity contribution in [2.45, 2.75) is 32.2 Å². The van der Waals surface area contributed by atoms with Gasteiger partial charge >= 0.3 is 0 Å². The second-order valence-corrected chi connectivity index (χ2v) is 5.28. The number of carbonyl (C=O) groups is 1. The molecule has 0 unspecified atom stereocenters. The molecule has 2 N–H and O–H groups in total. The lowest BCUT2D eigenvalue weighted by Gasteiger charge is -2.35. The molecule has 3 nitrogen and oxygen atoms in total. The van der Waals surface area contributed by atoms with E-state index in [0.29, 0.717) is 5.56 Å². The highest BCUT2D eigenvalue weighted by Crippen LogP contribution is 2.18. The molecule has 0 atom stereocenters. The molecule has 0 bridgehead atoms. The van der Waals surface area contributed by atoms with Crippen LogP contribution < -0.4 is 10.6 Å². The summed E-state index contributed by atoms with van der Waals surface area (Å²) in [5.41, 5.74) is 0.964. The Bertz CT molecular complexity index is 439. The normalized spacial score (nSPS) is 17.4. The molecule has 1 aromatic rings. The first-order valence-electron chi connectivity index (χ1n) is 6.29. The summed E-state index contributed by atoms with van der Waals surface area (Å²) in [4.78, 5) is 12.1. The minimum atomic E-state index is -0.365. The van der Waals surface area contributed by atoms with Gasteiger partial charge in [-0.15, -0.1) is 12.4 Å². The lowest BCUT2D eigenvalue weighted by Crippen LogP contribution is -2.52. The fraction of sp³-hybridized carbons (Fsp3) is 0.500. The van der Waals surface area contributed by atoms with Gasteiger partial charge in [-0.3, -0.25) is 4.79 Å². The van der Waals surface area contributed by atoms with Crippen molar-refractivity contribution in [2.24, 2.45) is 0 Å². The molecule has 5 heteroatoms. The Kier molecular flexibility index (Phi) is 5.32. The van der Waals surface area contributed by atoms with Crippen LogP contribution in [0.3, 0.4) is 0 Å². The summed E-state index contributed by atoms with van der Waals surface area (Å²) in [6, 6.07) is 4.42. The van der Waals surface area contributed by atoms with Gasteiger partial charge in [-0.25, -0.2) is 4.39 Å². The van der Waals surface area contributed by atoms with E-state index in [2.05, 4.69) is 10.6 Å². The Morgan fingerprint density at radius 3 is 2.53 bits per heavy atom. The molecule has 0 aliphatic carbocycles. The Morgan fingerprint density at radius 1 is 1.32 bits per heavy atom. The first kappa shape index (κ1) is 15.9. The summed E-state index contributed by atoms with van der Waals surface area (Å²) in [5, 5.41) is 6.28. The van der Waals surface area contributed by atoms with Gasteiger partial charge in [0.15, 0.2) is 0 Å². The molecule has 1 amide bonds. The van der Waals surface area contributed by atoms with Crippen LogP contribution in [0.1, 0.15) is 35.7 Å². The summed E-state index contributed by atoms with van der Waals surface area (Å²) in [5.74, 6) is -0.558. The van der Waals surface area contributed by atoms with Crippen molar-refractivity contribution in [1.29, 1.82) is 0 Å². The Balaban J connectivity index is 0.00000180. The third-order valence-electron chi connectivity index (χ3n) is 3.43. The average molecular weight is 287 g/mol. The molecule has 2 rings (SSSR count). The molecular weight excluding hydrogens is 267 g/mol. The van der Waals surface area contributed by atoms with Crippen LogP contribution in [0.2, 0.25) is 0 Å². The van der Waals surface area contributed by atoms with E-state index < -0.39 is 0 Å². The lowest BCUT2D eigenvalue weighted by molar-refractivity contribution is 0.0887. The molecule has 1 aromatic carbocycles. The van der Waals surface area contributed by atoms with Crippen LogP contribution in [0.15, 0.2) is 18.2 Å². The maximum atomic E-state index is 13.3. The molecule has 1 aliphatic heterocycles. The third-order valence-corrected chi connectivity index (χ3v) is 3.43. The standard InChI is InChI=1S/C14H19FN2O.ClH/c1-10-7-11(9-12(15)8-10)13(18)17-14(2)3-5-16-6-4-14;/h7-9,16H,3-6H2,1-2H3,(H,17,18);1H. The highest BCUT2D eigenvalue weighted by molar-refractivity contribution is 5.94. The molecule has 1 aliphatic rings. The molecular formula is C14H20ClFN2O. The van der Waals surface area contributed by atoms with Crippen molar-refractivity contribution in [3.63, 3.8) is 0 Å². The number of nitrogens with one attached hydrogen (secondary N) is 2. The van der Waals surface area contributed by atoms with E-state index in [-0.39, 0.29) is 29.7 Å². The topological polar surface area (TPSA) is 41.1 Å². The molecule has 0 radical (unpaired) electrons. The molecule has 0 aromatic heterocycles. The number of rotatable bonds is 2. The smallest absolute Gasteiger partial charge is 0.251 e. The van der Waals surface area contributed by atoms with Crippen molar-refractivity contribution >= 4 is 18.3 Å². The number of benzene rings is 1. The van der Waals surface area contributed by atoms with Gasteiger partial charge in [-0.2, -0.15) is 0 Å². The molecule has 0 spiro atoms. The summed E-state index contributed by atoms with van der Waals surface area (Å²) >= 11 is 0. The second kappa shape index (κ2) is 6.35. The van der Waals surface area contributed by atoms with Crippen molar-refractivity contribution in [3.8, 4) is 0 Å². The highest BCUT2D eigenvalue weighted by atomic mass is 35.5. The van der Waals surface area contributed by atoms with E-state index in [0.717, 1.165) is 31.5 Å². The number of hydrogen-bond donors (Lipinski definition) is 2. The fourth-order valence-corrected chi connectivity index (χ4v) is 2.32. The first-order valence-corrected chi connectivity index (χ1v) is 6.29. The van der Waals surface area contributed by atoms with Crippen molar-refractivity contribution in [3.05, 3.63) is 35.1 Å². The van der Waals surface area contributed by atoms with Crippen LogP contribution in [0.5, 0.6) is 0 Å². The molecule has 106 valence electrons. The van der Waals surface area contributed by atoms with Gasteiger partial charge in [0.2, 0.25) is 0 Å². The monoisotopic (exact) mass is 286 g/mol. The number of carbonyl (C=O) groups excluding carboxylic acids is 1. The van der Waals surface area contributed by atoms with Crippen LogP contribution >= 0.6 is 12.4 Å². The minimum Gasteiger partial charge on any atom is -0.347 e. The number of amides is 1. The van der Waals surface area contributed by atoms with Gasteiger partial charge in [-0.1, -0.05) is 0 Å². The van der Waals surface area contributed by atoms with E-state index in [9.17, 15) is 9.18 Å². The Labute approximate surface area is 119 Å². The van der Waals surface area contributed by atoms with Crippen LogP contribution in [-0.2, 0) is 0 Å². The summed E-state index contributed by atoms with van der Waals surface area (Å²) in [6.07, 6.45) is 1.79. The molecule has 1 heterocycles. The summed E-state index contributed by atoms with van der Waals surface area (Å²) < 4.78 is 13.3. The highest BCUT2D eigenvalue weighted by Gasteiger charge is 2.28. The SMILES string of the molecule is Cc1cc(F)cc(C(=O)NC2(C)CCNCC2)c1.Cl. The van der Waals surface area contributed by atoms with Crippen molar-refractivity contribution in [1.82, 2.24) is 10.6 Å². The minimum absolute atomic E-state index is 0. The Morgan fingerprint density at radius 2 is 1.95 bits per heavy atom. The first-order chi connectivity index (χ1) is 8.48. The van der Waals surface area contributed by atoms with E-state index in [1.54, 1.807) is 13.0 Å². The number of piperidine rings is 1. The zero-order valence-corrected chi connectivity index (χ0v) is 12.1. The van der Waals surface area contributed by atoms with E-state index in [1.165, 1.54) is 12.1 Å². The Hall–Kier alpha value is -1.13. The van der Waals surface area contributed by atoms with E-state index >= 15 is 0 Å². The largest absolute Gasteiger partial charge is 0.347 e. The van der Waals surface area contributed by atoms with Crippen LogP contribution in [-0.4, -0.2) is 24.5 Å². The van der Waals surface area contributed by atoms with Gasteiger partial charge < -0.3 is 10.6 Å². The fourth-order valence-electron chi connectivity index (χ4n) is 2.32. The summed E-state index contributed by atoms with van der Waals surface area (Å²) in [6.45, 7) is 5.63. The molecule has 0 saturated carbocycles. The van der Waals surface area contributed by atoms with Crippen LogP contribution in [0, 0.1) is 12.7 Å². The number of halogens is 2. The van der Waals surface area contributed by atoms with Gasteiger partial charge in [-0.05, 0) is 63.5 Å². The van der Waals surface area contributed by atoms with Crippen molar-refractivity contribution in [2.75, 3.05) is 13.1 Å². The summed E-state index contributed by atoms with van der Waals surface area (Å²) in [7, 11) is 0. The second-order valence-electron chi connectivity index (χ2n) is 5.28. The van der Waals surface area contributed by atoms with Crippen molar-refractivity contribution < 1.29 is 9.18 Å². The zero-order chi connectivity index (χ0) is 13.2. The van der Waals surface area contributed by atoms with Gasteiger partial charge in [0.05, 0.1) is 0 Å². The van der Waals surface area contributed by atoms with Gasteiger partial charge in [0.1, 0.15) is 5.82 Å². The molecule has 1 fully saturated rings. The van der Waals surface area contributed by atoms with E-state index in [4.69, 9.17) is 0 Å². The molecule has 1 saturated heterocycles.